The Kier molecular flexibility index (Phi) is 6.81. The van der Waals surface area contributed by atoms with E-state index < -0.39 is 0 Å². The number of nitrogens with two attached hydrogens (primary N) is 1. The van der Waals surface area contributed by atoms with Gasteiger partial charge in [0.25, 0.3) is 5.91 Å². The first-order valence-electron chi connectivity index (χ1n) is 8.37. The summed E-state index contributed by atoms with van der Waals surface area (Å²) in [6, 6.07) is 7.53. The van der Waals surface area contributed by atoms with Crippen LogP contribution in [0.15, 0.2) is 24.3 Å². The van der Waals surface area contributed by atoms with Crippen LogP contribution in [0.5, 0.6) is 0 Å². The monoisotopic (exact) mass is 383 g/mol. The third kappa shape index (κ3) is 3.97. The summed E-state index contributed by atoms with van der Waals surface area (Å²) >= 11 is 6.29. The predicted molar refractivity (Wildman–Crippen MR) is 101 cm³/mol. The van der Waals surface area contributed by atoms with Crippen molar-refractivity contribution in [3.63, 3.8) is 0 Å². The molecule has 3 rings (SSSR count). The number of rotatable bonds is 5. The molecule has 2 N–H and O–H groups in total. The molecule has 1 aliphatic rings. The zero-order valence-corrected chi connectivity index (χ0v) is 15.8. The number of carbonyl (C=O) groups is 1. The molecule has 0 bridgehead atoms. The van der Waals surface area contributed by atoms with Gasteiger partial charge in [0.2, 0.25) is 5.82 Å². The number of halogens is 2. The highest BCUT2D eigenvalue weighted by Gasteiger charge is 2.31. The topological polar surface area (TPSA) is 77.0 Å². The first-order valence-corrected chi connectivity index (χ1v) is 8.75. The molecule has 0 saturated carbocycles. The van der Waals surface area contributed by atoms with Gasteiger partial charge in [-0.15, -0.1) is 17.5 Å². The van der Waals surface area contributed by atoms with Crippen molar-refractivity contribution in [2.75, 3.05) is 13.1 Å². The lowest BCUT2D eigenvalue weighted by molar-refractivity contribution is 0.0729. The molecule has 1 amide bonds. The van der Waals surface area contributed by atoms with E-state index in [0.29, 0.717) is 18.1 Å². The molecule has 1 aromatic carbocycles. The maximum absolute atomic E-state index is 12.8. The molecule has 2 heterocycles. The fourth-order valence-corrected chi connectivity index (χ4v) is 3.33. The van der Waals surface area contributed by atoms with Gasteiger partial charge < -0.3 is 10.6 Å². The van der Waals surface area contributed by atoms with Crippen LogP contribution in [-0.2, 0) is 6.42 Å². The SMILES string of the molecule is CCCc1nc(C(=O)N2CCCC2CN)nn1-c1ccccc1Cl.Cl. The van der Waals surface area contributed by atoms with Crippen molar-refractivity contribution in [1.29, 1.82) is 0 Å². The van der Waals surface area contributed by atoms with Crippen LogP contribution in [0.2, 0.25) is 5.02 Å². The minimum Gasteiger partial charge on any atom is -0.332 e. The van der Waals surface area contributed by atoms with Crippen molar-refractivity contribution in [3.05, 3.63) is 40.9 Å². The number of amides is 1. The van der Waals surface area contributed by atoms with E-state index in [1.165, 1.54) is 0 Å². The summed E-state index contributed by atoms with van der Waals surface area (Å²) in [7, 11) is 0. The highest BCUT2D eigenvalue weighted by atomic mass is 35.5. The molecule has 1 saturated heterocycles. The molecule has 0 spiro atoms. The van der Waals surface area contributed by atoms with Crippen LogP contribution < -0.4 is 5.73 Å². The molecule has 1 atom stereocenters. The van der Waals surface area contributed by atoms with Crippen LogP contribution in [0, 0.1) is 0 Å². The fraction of sp³-hybridized carbons (Fsp3) is 0.471. The summed E-state index contributed by atoms with van der Waals surface area (Å²) in [6.45, 7) is 3.25. The molecule has 2 aromatic rings. The predicted octanol–water partition coefficient (Wildman–Crippen LogP) is 2.86. The van der Waals surface area contributed by atoms with E-state index in [2.05, 4.69) is 17.0 Å². The number of aromatic nitrogens is 3. The molecule has 8 heteroatoms. The number of hydrogen-bond donors (Lipinski definition) is 1. The summed E-state index contributed by atoms with van der Waals surface area (Å²) in [4.78, 5) is 19.1. The second-order valence-electron chi connectivity index (χ2n) is 6.00. The van der Waals surface area contributed by atoms with Gasteiger partial charge in [0.05, 0.1) is 10.7 Å². The summed E-state index contributed by atoms with van der Waals surface area (Å²) in [6.07, 6.45) is 3.55. The largest absolute Gasteiger partial charge is 0.332 e. The van der Waals surface area contributed by atoms with E-state index in [4.69, 9.17) is 17.3 Å². The van der Waals surface area contributed by atoms with Crippen LogP contribution >= 0.6 is 24.0 Å². The Bertz CT molecular complexity index is 734. The molecule has 0 aliphatic carbocycles. The Labute approximate surface area is 158 Å². The van der Waals surface area contributed by atoms with E-state index >= 15 is 0 Å². The van der Waals surface area contributed by atoms with Gasteiger partial charge in [0.1, 0.15) is 5.82 Å². The quantitative estimate of drug-likeness (QED) is 0.860. The Hall–Kier alpha value is -1.63. The molecular formula is C17H23Cl2N5O. The highest BCUT2D eigenvalue weighted by molar-refractivity contribution is 6.32. The molecule has 1 fully saturated rings. The average molecular weight is 384 g/mol. The van der Waals surface area contributed by atoms with Gasteiger partial charge in [-0.05, 0) is 31.4 Å². The van der Waals surface area contributed by atoms with Crippen LogP contribution in [0.3, 0.4) is 0 Å². The summed E-state index contributed by atoms with van der Waals surface area (Å²) in [5.74, 6) is 0.822. The van der Waals surface area contributed by atoms with Crippen molar-refractivity contribution in [2.24, 2.45) is 5.73 Å². The maximum atomic E-state index is 12.8. The van der Waals surface area contributed by atoms with Gasteiger partial charge >= 0.3 is 0 Å². The number of carbonyl (C=O) groups excluding carboxylic acids is 1. The number of benzene rings is 1. The first kappa shape index (κ1) is 19.7. The third-order valence-corrected chi connectivity index (χ3v) is 4.65. The number of nitrogens with zero attached hydrogens (tertiary/aromatic N) is 4. The van der Waals surface area contributed by atoms with Crippen molar-refractivity contribution in [3.8, 4) is 5.69 Å². The standard InChI is InChI=1S/C17H22ClN5O.ClH/c1-2-6-15-20-16(17(24)22-10-5-7-12(22)11-19)21-23(15)14-9-4-3-8-13(14)18;/h3-4,8-9,12H,2,5-7,10-11,19H2,1H3;1H. The fourth-order valence-electron chi connectivity index (χ4n) is 3.11. The molecule has 136 valence electrons. The molecular weight excluding hydrogens is 361 g/mol. The molecule has 1 unspecified atom stereocenters. The lowest BCUT2D eigenvalue weighted by Gasteiger charge is -2.21. The smallest absolute Gasteiger partial charge is 0.293 e. The Morgan fingerprint density at radius 2 is 2.16 bits per heavy atom. The van der Waals surface area contributed by atoms with Crippen molar-refractivity contribution in [2.45, 2.75) is 38.6 Å². The second-order valence-corrected chi connectivity index (χ2v) is 6.40. The lowest BCUT2D eigenvalue weighted by atomic mass is 10.2. The van der Waals surface area contributed by atoms with Gasteiger partial charge in [0, 0.05) is 25.6 Å². The van der Waals surface area contributed by atoms with Crippen molar-refractivity contribution < 1.29 is 4.79 Å². The zero-order chi connectivity index (χ0) is 17.1. The summed E-state index contributed by atoms with van der Waals surface area (Å²) in [5, 5.41) is 5.05. The molecule has 6 nitrogen and oxygen atoms in total. The number of para-hydroxylation sites is 1. The van der Waals surface area contributed by atoms with Crippen molar-refractivity contribution in [1.82, 2.24) is 19.7 Å². The summed E-state index contributed by atoms with van der Waals surface area (Å²) in [5.41, 5.74) is 6.52. The average Bonchev–Trinajstić information content (AvgIpc) is 3.22. The zero-order valence-electron chi connectivity index (χ0n) is 14.2. The third-order valence-electron chi connectivity index (χ3n) is 4.33. The lowest BCUT2D eigenvalue weighted by Crippen LogP contribution is -2.40. The van der Waals surface area contributed by atoms with Crippen molar-refractivity contribution >= 4 is 29.9 Å². The van der Waals surface area contributed by atoms with Crippen LogP contribution in [0.4, 0.5) is 0 Å². The number of likely N-dealkylation sites (tertiary alicyclic amines) is 1. The minimum atomic E-state index is -0.147. The Morgan fingerprint density at radius 3 is 2.84 bits per heavy atom. The van der Waals surface area contributed by atoms with E-state index in [0.717, 1.165) is 37.2 Å². The second kappa shape index (κ2) is 8.65. The minimum absolute atomic E-state index is 0. The summed E-state index contributed by atoms with van der Waals surface area (Å²) < 4.78 is 1.69. The molecule has 1 aromatic heterocycles. The van der Waals surface area contributed by atoms with E-state index in [9.17, 15) is 4.79 Å². The van der Waals surface area contributed by atoms with E-state index in [-0.39, 0.29) is 30.2 Å². The Balaban J connectivity index is 0.00000225. The van der Waals surface area contributed by atoms with Gasteiger partial charge in [-0.3, -0.25) is 4.79 Å². The van der Waals surface area contributed by atoms with Gasteiger partial charge in [-0.25, -0.2) is 9.67 Å². The van der Waals surface area contributed by atoms with Crippen LogP contribution in [-0.4, -0.2) is 44.7 Å². The van der Waals surface area contributed by atoms with E-state index in [1.807, 2.05) is 18.2 Å². The van der Waals surface area contributed by atoms with Gasteiger partial charge in [-0.1, -0.05) is 30.7 Å². The normalized spacial score (nSPS) is 16.8. The Morgan fingerprint density at radius 1 is 1.40 bits per heavy atom. The number of aryl methyl sites for hydroxylation is 1. The molecule has 0 radical (unpaired) electrons. The highest BCUT2D eigenvalue weighted by Crippen LogP contribution is 2.23. The van der Waals surface area contributed by atoms with Gasteiger partial charge in [-0.2, -0.15) is 0 Å². The number of hydrogen-bond acceptors (Lipinski definition) is 4. The van der Waals surface area contributed by atoms with E-state index in [1.54, 1.807) is 15.6 Å². The first-order chi connectivity index (χ1) is 11.7. The van der Waals surface area contributed by atoms with Crippen LogP contribution in [0.1, 0.15) is 42.6 Å². The maximum Gasteiger partial charge on any atom is 0.293 e. The van der Waals surface area contributed by atoms with Crippen LogP contribution in [0.25, 0.3) is 5.69 Å². The van der Waals surface area contributed by atoms with Gasteiger partial charge in [0.15, 0.2) is 0 Å². The molecule has 25 heavy (non-hydrogen) atoms. The molecule has 1 aliphatic heterocycles.